The van der Waals surface area contributed by atoms with Crippen molar-refractivity contribution in [2.45, 2.75) is 90.1 Å². The van der Waals surface area contributed by atoms with Gasteiger partial charge in [-0.15, -0.1) is 23.5 Å². The highest BCUT2D eigenvalue weighted by Gasteiger charge is 2.46. The highest BCUT2D eigenvalue weighted by atomic mass is 32.2. The van der Waals surface area contributed by atoms with E-state index in [4.69, 9.17) is 0 Å². The molecule has 4 heterocycles. The number of nitrogens with zero attached hydrogens (tertiary/aromatic N) is 2. The van der Waals surface area contributed by atoms with Crippen molar-refractivity contribution in [3.63, 3.8) is 0 Å². The second-order valence-corrected chi connectivity index (χ2v) is 13.7. The van der Waals surface area contributed by atoms with E-state index in [0.29, 0.717) is 38.5 Å². The lowest BCUT2D eigenvalue weighted by atomic mass is 9.88. The maximum absolute atomic E-state index is 13.0. The van der Waals surface area contributed by atoms with Crippen molar-refractivity contribution in [1.82, 2.24) is 9.80 Å². The molecule has 4 rings (SSSR count). The topological polar surface area (TPSA) is 91.8 Å². The van der Waals surface area contributed by atoms with Crippen LogP contribution in [-0.2, 0) is 24.0 Å². The molecule has 4 aliphatic rings. The average Bonchev–Trinajstić information content (AvgIpc) is 3.42. The molecule has 4 amide bonds. The fourth-order valence-corrected chi connectivity index (χ4v) is 8.12. The average molecular weight is 533 g/mol. The molecule has 4 aliphatic heterocycles. The summed E-state index contributed by atoms with van der Waals surface area (Å²) in [5, 5.41) is 0. The maximum Gasteiger partial charge on any atom is 0.254 e. The van der Waals surface area contributed by atoms with E-state index in [-0.39, 0.29) is 41.2 Å². The predicted molar refractivity (Wildman–Crippen MR) is 142 cm³/mol. The molecule has 36 heavy (non-hydrogen) atoms. The molecular formula is C27H36N2O5S2. The molecule has 2 saturated heterocycles. The van der Waals surface area contributed by atoms with Gasteiger partial charge in [0.15, 0.2) is 0 Å². The van der Waals surface area contributed by atoms with Crippen LogP contribution in [0, 0.1) is 11.8 Å². The van der Waals surface area contributed by atoms with Crippen LogP contribution in [0.3, 0.4) is 0 Å². The molecule has 0 N–H and O–H groups in total. The highest BCUT2D eigenvalue weighted by Crippen LogP contribution is 2.43. The van der Waals surface area contributed by atoms with Gasteiger partial charge in [0.05, 0.1) is 11.8 Å². The molecule has 0 spiro atoms. The molecule has 2 fully saturated rings. The molecular weight excluding hydrogens is 496 g/mol. The Morgan fingerprint density at radius 2 is 1.17 bits per heavy atom. The van der Waals surface area contributed by atoms with E-state index in [1.54, 1.807) is 35.7 Å². The summed E-state index contributed by atoms with van der Waals surface area (Å²) in [7, 11) is 0. The minimum atomic E-state index is -0.647. The number of fused-ring (bicyclic) bond motifs is 2. The molecule has 2 unspecified atom stereocenters. The van der Waals surface area contributed by atoms with Crippen molar-refractivity contribution in [1.29, 1.82) is 0 Å². The van der Waals surface area contributed by atoms with Gasteiger partial charge >= 0.3 is 0 Å². The number of amides is 4. The number of rotatable bonds is 10. The molecule has 196 valence electrons. The van der Waals surface area contributed by atoms with Crippen LogP contribution in [-0.4, -0.2) is 61.8 Å². The third kappa shape index (κ3) is 5.37. The van der Waals surface area contributed by atoms with E-state index >= 15 is 0 Å². The van der Waals surface area contributed by atoms with Crippen LogP contribution in [0.25, 0.3) is 0 Å². The minimum absolute atomic E-state index is 0.110. The summed E-state index contributed by atoms with van der Waals surface area (Å²) >= 11 is 3.19. The maximum atomic E-state index is 13.0. The first kappa shape index (κ1) is 27.2. The van der Waals surface area contributed by atoms with Crippen molar-refractivity contribution in [3.05, 3.63) is 22.0 Å². The van der Waals surface area contributed by atoms with Gasteiger partial charge in [-0.2, -0.15) is 0 Å². The lowest BCUT2D eigenvalue weighted by molar-refractivity contribution is -0.153. The number of Topliss-reactive ketones (excluding diaryl/α,β-unsaturated/α-hetero) is 1. The number of hydrogen-bond donors (Lipinski definition) is 0. The molecule has 9 heteroatoms. The van der Waals surface area contributed by atoms with E-state index in [9.17, 15) is 24.0 Å². The first-order valence-electron chi connectivity index (χ1n) is 12.9. The summed E-state index contributed by atoms with van der Waals surface area (Å²) in [6.07, 6.45) is 7.85. The smallest absolute Gasteiger partial charge is 0.254 e. The molecule has 0 radical (unpaired) electrons. The summed E-state index contributed by atoms with van der Waals surface area (Å²) in [5.41, 5.74) is -1.29. The zero-order chi connectivity index (χ0) is 26.3. The van der Waals surface area contributed by atoms with Crippen molar-refractivity contribution >= 4 is 52.9 Å². The van der Waals surface area contributed by atoms with Gasteiger partial charge in [0.1, 0.15) is 5.78 Å². The number of carbonyl (C=O) groups is 5. The monoisotopic (exact) mass is 532 g/mol. The molecule has 0 aromatic heterocycles. The summed E-state index contributed by atoms with van der Waals surface area (Å²) in [6.45, 7) is 7.58. The van der Waals surface area contributed by atoms with Gasteiger partial charge in [-0.1, -0.05) is 0 Å². The van der Waals surface area contributed by atoms with Crippen molar-refractivity contribution in [3.8, 4) is 0 Å². The molecule has 2 atom stereocenters. The van der Waals surface area contributed by atoms with Gasteiger partial charge in [-0.25, -0.2) is 0 Å². The van der Waals surface area contributed by atoms with E-state index in [1.165, 1.54) is 9.80 Å². The first-order valence-corrected chi connectivity index (χ1v) is 14.9. The molecule has 7 nitrogen and oxygen atoms in total. The molecule has 0 aromatic rings. The molecule has 0 aromatic carbocycles. The largest absolute Gasteiger partial charge is 0.300 e. The van der Waals surface area contributed by atoms with E-state index in [0.717, 1.165) is 34.2 Å². The van der Waals surface area contributed by atoms with Gasteiger partial charge in [0.25, 0.3) is 11.8 Å². The Kier molecular flexibility index (Phi) is 7.91. The Morgan fingerprint density at radius 3 is 1.56 bits per heavy atom. The fourth-order valence-electron chi connectivity index (χ4n) is 5.73. The van der Waals surface area contributed by atoms with Gasteiger partial charge in [-0.05, 0) is 77.7 Å². The first-order chi connectivity index (χ1) is 16.9. The summed E-state index contributed by atoms with van der Waals surface area (Å²) in [4.78, 5) is 68.4. The van der Waals surface area contributed by atoms with Crippen LogP contribution in [0.2, 0.25) is 0 Å². The van der Waals surface area contributed by atoms with Crippen molar-refractivity contribution in [2.75, 3.05) is 11.5 Å². The van der Waals surface area contributed by atoms with Gasteiger partial charge in [0, 0.05) is 45.9 Å². The fraction of sp³-hybridized carbons (Fsp3) is 0.667. The number of imide groups is 2. The number of hydrogen-bond acceptors (Lipinski definition) is 7. The predicted octanol–water partition coefficient (Wildman–Crippen LogP) is 4.46. The van der Waals surface area contributed by atoms with Crippen LogP contribution in [0.1, 0.15) is 79.1 Å². The van der Waals surface area contributed by atoms with E-state index in [2.05, 4.69) is 0 Å². The zero-order valence-corrected chi connectivity index (χ0v) is 23.3. The Morgan fingerprint density at radius 1 is 0.778 bits per heavy atom. The molecule has 0 aliphatic carbocycles. The third-order valence-corrected chi connectivity index (χ3v) is 10.1. The van der Waals surface area contributed by atoms with Crippen LogP contribution in [0.15, 0.2) is 22.0 Å². The second-order valence-electron chi connectivity index (χ2n) is 11.4. The highest BCUT2D eigenvalue weighted by molar-refractivity contribution is 8.03. The SMILES string of the molecule is CC(C)(CCCC(=O)CCCC(C)(C)N1C(=O)C=C2SCCC2C1=O)N1C(=O)C=C2SCCC2C1=O. The number of thioether (sulfide) groups is 2. The van der Waals surface area contributed by atoms with Crippen molar-refractivity contribution in [2.24, 2.45) is 11.8 Å². The zero-order valence-electron chi connectivity index (χ0n) is 21.6. The van der Waals surface area contributed by atoms with E-state index < -0.39 is 11.1 Å². The second kappa shape index (κ2) is 10.5. The van der Waals surface area contributed by atoms with Crippen LogP contribution < -0.4 is 0 Å². The number of ketones is 1. The number of carbonyl (C=O) groups excluding carboxylic acids is 5. The minimum Gasteiger partial charge on any atom is -0.300 e. The van der Waals surface area contributed by atoms with Gasteiger partial charge in [-0.3, -0.25) is 33.8 Å². The van der Waals surface area contributed by atoms with Gasteiger partial charge in [0.2, 0.25) is 11.8 Å². The Hall–Kier alpha value is -1.87. The summed E-state index contributed by atoms with van der Waals surface area (Å²) < 4.78 is 0. The summed E-state index contributed by atoms with van der Waals surface area (Å²) in [6, 6.07) is 0. The Bertz CT molecular complexity index is 965. The van der Waals surface area contributed by atoms with Crippen LogP contribution in [0.4, 0.5) is 0 Å². The van der Waals surface area contributed by atoms with E-state index in [1.807, 2.05) is 27.7 Å². The summed E-state index contributed by atoms with van der Waals surface area (Å²) in [5.74, 6) is 0.757. The normalized spacial score (nSPS) is 24.7. The Labute approximate surface area is 221 Å². The molecule has 0 bridgehead atoms. The standard InChI is InChI=1S/C27H36N2O5S2/c1-26(2,28-22(31)15-20-18(24(28)33)9-13-35-20)11-5-7-17(30)8-6-12-27(3,4)29-23(32)16-21-19(25(29)34)10-14-36-21/h15-16,18-19H,5-14H2,1-4H3. The third-order valence-electron chi connectivity index (χ3n) is 7.75. The quantitative estimate of drug-likeness (QED) is 0.384. The van der Waals surface area contributed by atoms with Crippen LogP contribution >= 0.6 is 23.5 Å². The molecule has 0 saturated carbocycles. The lowest BCUT2D eigenvalue weighted by Gasteiger charge is -2.40. The van der Waals surface area contributed by atoms with Crippen molar-refractivity contribution < 1.29 is 24.0 Å². The van der Waals surface area contributed by atoms with Gasteiger partial charge < -0.3 is 0 Å². The lowest BCUT2D eigenvalue weighted by Crippen LogP contribution is -2.54. The van der Waals surface area contributed by atoms with Crippen LogP contribution in [0.5, 0.6) is 0 Å². The Balaban J connectivity index is 1.24.